The minimum Gasteiger partial charge on any atom is -0.484 e. The summed E-state index contributed by atoms with van der Waals surface area (Å²) in [6.45, 7) is 6.40. The van der Waals surface area contributed by atoms with Gasteiger partial charge in [-0.05, 0) is 26.0 Å². The number of ether oxygens (including phenoxy) is 2. The van der Waals surface area contributed by atoms with Crippen molar-refractivity contribution in [2.45, 2.75) is 20.4 Å². The van der Waals surface area contributed by atoms with Crippen LogP contribution in [0.3, 0.4) is 0 Å². The summed E-state index contributed by atoms with van der Waals surface area (Å²) in [7, 11) is 0. The molecular formula is C19H24N4O4. The van der Waals surface area contributed by atoms with E-state index in [1.807, 2.05) is 43.0 Å². The number of aryl methyl sites for hydroxylation is 2. The van der Waals surface area contributed by atoms with Gasteiger partial charge in [-0.25, -0.2) is 4.68 Å². The summed E-state index contributed by atoms with van der Waals surface area (Å²) >= 11 is 0. The third kappa shape index (κ3) is 4.65. The van der Waals surface area contributed by atoms with Gasteiger partial charge in [0.05, 0.1) is 25.1 Å². The third-order valence-electron chi connectivity index (χ3n) is 4.31. The van der Waals surface area contributed by atoms with Crippen molar-refractivity contribution in [2.24, 2.45) is 0 Å². The molecule has 1 fully saturated rings. The van der Waals surface area contributed by atoms with E-state index in [0.717, 1.165) is 5.56 Å². The Hall–Kier alpha value is -2.87. The van der Waals surface area contributed by atoms with Gasteiger partial charge in [-0.1, -0.05) is 17.7 Å². The van der Waals surface area contributed by atoms with Gasteiger partial charge in [0.15, 0.2) is 6.61 Å². The van der Waals surface area contributed by atoms with E-state index in [1.54, 1.807) is 0 Å². The number of carbonyl (C=O) groups is 1. The molecule has 1 aromatic carbocycles. The number of rotatable bonds is 6. The lowest BCUT2D eigenvalue weighted by atomic mass is 10.2. The summed E-state index contributed by atoms with van der Waals surface area (Å²) in [5, 5.41) is 6.88. The fourth-order valence-corrected chi connectivity index (χ4v) is 2.86. The van der Waals surface area contributed by atoms with E-state index in [4.69, 9.17) is 9.47 Å². The number of hydrogen-bond donors (Lipinski definition) is 1. The minimum atomic E-state index is -0.347. The Balaban J connectivity index is 1.74. The zero-order chi connectivity index (χ0) is 19.2. The molecule has 2 heterocycles. The maximum absolute atomic E-state index is 12.7. The van der Waals surface area contributed by atoms with Crippen LogP contribution in [0.15, 0.2) is 35.3 Å². The van der Waals surface area contributed by atoms with E-state index in [9.17, 15) is 9.59 Å². The normalized spacial score (nSPS) is 14.1. The number of morpholine rings is 1. The number of nitrogens with one attached hydrogen (secondary N) is 1. The summed E-state index contributed by atoms with van der Waals surface area (Å²) in [4.78, 5) is 27.0. The van der Waals surface area contributed by atoms with Gasteiger partial charge < -0.3 is 19.7 Å². The molecule has 0 bridgehead atoms. The van der Waals surface area contributed by atoms with Crippen LogP contribution in [0.5, 0.6) is 5.75 Å². The fourth-order valence-electron chi connectivity index (χ4n) is 2.86. The Morgan fingerprint density at radius 3 is 2.63 bits per heavy atom. The Morgan fingerprint density at radius 1 is 1.26 bits per heavy atom. The first-order chi connectivity index (χ1) is 13.1. The molecule has 2 aromatic rings. The molecule has 1 amide bonds. The minimum absolute atomic E-state index is 0.150. The first-order valence-electron chi connectivity index (χ1n) is 9.00. The zero-order valence-corrected chi connectivity index (χ0v) is 15.6. The van der Waals surface area contributed by atoms with Crippen molar-refractivity contribution >= 4 is 17.3 Å². The molecule has 27 heavy (non-hydrogen) atoms. The molecule has 8 nitrogen and oxygen atoms in total. The van der Waals surface area contributed by atoms with Crippen LogP contribution < -0.4 is 20.5 Å². The largest absolute Gasteiger partial charge is 0.484 e. The molecule has 0 aliphatic carbocycles. The van der Waals surface area contributed by atoms with Crippen molar-refractivity contribution in [2.75, 3.05) is 43.1 Å². The molecular weight excluding hydrogens is 348 g/mol. The zero-order valence-electron chi connectivity index (χ0n) is 15.6. The lowest BCUT2D eigenvalue weighted by Crippen LogP contribution is -2.41. The molecule has 1 aromatic heterocycles. The predicted molar refractivity (Wildman–Crippen MR) is 103 cm³/mol. The van der Waals surface area contributed by atoms with Crippen molar-refractivity contribution in [3.05, 3.63) is 46.4 Å². The van der Waals surface area contributed by atoms with E-state index in [0.29, 0.717) is 50.0 Å². The molecule has 144 valence electrons. The van der Waals surface area contributed by atoms with Gasteiger partial charge in [0.25, 0.3) is 11.5 Å². The maximum atomic E-state index is 12.7. The second-order valence-corrected chi connectivity index (χ2v) is 6.28. The molecule has 8 heteroatoms. The van der Waals surface area contributed by atoms with Gasteiger partial charge >= 0.3 is 0 Å². The summed E-state index contributed by atoms with van der Waals surface area (Å²) in [6, 6.07) is 7.45. The topological polar surface area (TPSA) is 85.7 Å². The molecule has 1 N–H and O–H groups in total. The highest BCUT2D eigenvalue weighted by Gasteiger charge is 2.21. The molecule has 0 unspecified atom stereocenters. The molecule has 1 aliphatic heterocycles. The molecule has 0 spiro atoms. The first kappa shape index (κ1) is 18.9. The van der Waals surface area contributed by atoms with Crippen molar-refractivity contribution in [3.63, 3.8) is 0 Å². The highest BCUT2D eigenvalue weighted by atomic mass is 16.5. The van der Waals surface area contributed by atoms with Crippen LogP contribution >= 0.6 is 0 Å². The summed E-state index contributed by atoms with van der Waals surface area (Å²) in [6.07, 6.45) is 1.51. The number of hydrogen-bond acceptors (Lipinski definition) is 6. The molecule has 0 saturated carbocycles. The lowest BCUT2D eigenvalue weighted by molar-refractivity contribution is -0.118. The van der Waals surface area contributed by atoms with E-state index < -0.39 is 0 Å². The van der Waals surface area contributed by atoms with Crippen molar-refractivity contribution in [1.29, 1.82) is 0 Å². The summed E-state index contributed by atoms with van der Waals surface area (Å²) < 4.78 is 12.2. The van der Waals surface area contributed by atoms with Crippen LogP contribution in [0.2, 0.25) is 0 Å². The van der Waals surface area contributed by atoms with E-state index in [-0.39, 0.29) is 18.1 Å². The monoisotopic (exact) mass is 372 g/mol. The molecule has 1 aliphatic rings. The highest BCUT2D eigenvalue weighted by molar-refractivity contribution is 5.94. The second-order valence-electron chi connectivity index (χ2n) is 6.28. The van der Waals surface area contributed by atoms with E-state index in [1.165, 1.54) is 10.9 Å². The van der Waals surface area contributed by atoms with Crippen molar-refractivity contribution < 1.29 is 14.3 Å². The van der Waals surface area contributed by atoms with Gasteiger partial charge in [0.1, 0.15) is 11.4 Å². The van der Waals surface area contributed by atoms with Crippen LogP contribution in [0.25, 0.3) is 0 Å². The van der Waals surface area contributed by atoms with Crippen LogP contribution in [0, 0.1) is 6.92 Å². The van der Waals surface area contributed by atoms with Crippen molar-refractivity contribution in [3.8, 4) is 5.75 Å². The smallest absolute Gasteiger partial charge is 0.292 e. The Bertz CT molecular complexity index is 842. The first-order valence-corrected chi connectivity index (χ1v) is 9.00. The number of carbonyl (C=O) groups excluding carboxylic acids is 1. The molecule has 0 radical (unpaired) electrons. The maximum Gasteiger partial charge on any atom is 0.292 e. The SMILES string of the molecule is CCn1ncc(NC(=O)COc2ccc(C)cc2)c(N2CCOCC2)c1=O. The summed E-state index contributed by atoms with van der Waals surface area (Å²) in [5.74, 6) is 0.268. The average molecular weight is 372 g/mol. The molecule has 0 atom stereocenters. The summed E-state index contributed by atoms with van der Waals surface area (Å²) in [5.41, 5.74) is 1.73. The number of nitrogens with zero attached hydrogens (tertiary/aromatic N) is 3. The number of anilines is 2. The van der Waals surface area contributed by atoms with Gasteiger partial charge in [0, 0.05) is 19.6 Å². The molecule has 3 rings (SSSR count). The van der Waals surface area contributed by atoms with E-state index in [2.05, 4.69) is 10.4 Å². The van der Waals surface area contributed by atoms with Crippen LogP contribution in [-0.4, -0.2) is 48.6 Å². The van der Waals surface area contributed by atoms with Gasteiger partial charge in [-0.3, -0.25) is 9.59 Å². The van der Waals surface area contributed by atoms with Gasteiger partial charge in [-0.15, -0.1) is 0 Å². The predicted octanol–water partition coefficient (Wildman–Crippen LogP) is 1.43. The Kier molecular flexibility index (Phi) is 6.08. The van der Waals surface area contributed by atoms with Crippen LogP contribution in [0.1, 0.15) is 12.5 Å². The van der Waals surface area contributed by atoms with Gasteiger partial charge in [-0.2, -0.15) is 5.10 Å². The number of aromatic nitrogens is 2. The Labute approximate surface area is 157 Å². The fraction of sp³-hybridized carbons (Fsp3) is 0.421. The average Bonchev–Trinajstić information content (AvgIpc) is 2.68. The third-order valence-corrected chi connectivity index (χ3v) is 4.31. The highest BCUT2D eigenvalue weighted by Crippen LogP contribution is 2.21. The second kappa shape index (κ2) is 8.68. The lowest BCUT2D eigenvalue weighted by Gasteiger charge is -2.29. The number of amides is 1. The molecule has 1 saturated heterocycles. The number of benzene rings is 1. The van der Waals surface area contributed by atoms with Crippen LogP contribution in [0.4, 0.5) is 11.4 Å². The van der Waals surface area contributed by atoms with Crippen molar-refractivity contribution in [1.82, 2.24) is 9.78 Å². The quantitative estimate of drug-likeness (QED) is 0.826. The van der Waals surface area contributed by atoms with Crippen LogP contribution in [-0.2, 0) is 16.1 Å². The van der Waals surface area contributed by atoms with E-state index >= 15 is 0 Å². The van der Waals surface area contributed by atoms with Gasteiger partial charge in [0.2, 0.25) is 0 Å². The Morgan fingerprint density at radius 2 is 1.96 bits per heavy atom. The standard InChI is InChI=1S/C19H24N4O4/c1-3-23-19(25)18(22-8-10-26-11-9-22)16(12-20-23)21-17(24)13-27-15-6-4-14(2)5-7-15/h4-7,12H,3,8-11,13H2,1-2H3,(H,21,24).